The van der Waals surface area contributed by atoms with Crippen molar-refractivity contribution in [3.8, 4) is 5.75 Å². The Kier molecular flexibility index (Phi) is 5.81. The smallest absolute Gasteiger partial charge is 0.305 e. The van der Waals surface area contributed by atoms with Gasteiger partial charge < -0.3 is 19.5 Å². The molecule has 1 rings (SSSR count). The van der Waals surface area contributed by atoms with Gasteiger partial charge in [0, 0.05) is 13.7 Å². The van der Waals surface area contributed by atoms with Gasteiger partial charge in [-0.1, -0.05) is 12.1 Å². The Labute approximate surface area is 111 Å². The molecule has 0 atom stereocenters. The summed E-state index contributed by atoms with van der Waals surface area (Å²) in [4.78, 5) is 24.0. The number of carbonyl (C=O) groups is 2. The third-order valence-corrected chi connectivity index (χ3v) is 2.49. The van der Waals surface area contributed by atoms with Crippen molar-refractivity contribution in [3.63, 3.8) is 0 Å². The van der Waals surface area contributed by atoms with Gasteiger partial charge in [0.25, 0.3) is 5.91 Å². The van der Waals surface area contributed by atoms with Gasteiger partial charge in [-0.15, -0.1) is 0 Å². The fourth-order valence-corrected chi connectivity index (χ4v) is 1.64. The average molecular weight is 267 g/mol. The number of ether oxygens (including phenoxy) is 2. The number of amides is 1. The van der Waals surface area contributed by atoms with E-state index in [0.717, 1.165) is 0 Å². The quantitative estimate of drug-likeness (QED) is 0.802. The fraction of sp³-hybridized carbons (Fsp3) is 0.385. The number of methoxy groups -OCH3 is 2. The standard InChI is InChI=1S/C13H17NO5/c1-18-9-12(15)14(8-7-13(16)17)10-5-3-4-6-11(10)19-2/h3-6H,7-9H2,1-2H3,(H,16,17). The molecule has 0 aliphatic heterocycles. The van der Waals surface area contributed by atoms with Crippen LogP contribution in [0.1, 0.15) is 6.42 Å². The van der Waals surface area contributed by atoms with Gasteiger partial charge in [-0.05, 0) is 12.1 Å². The number of aliphatic carboxylic acids is 1. The second-order valence-corrected chi connectivity index (χ2v) is 3.79. The molecule has 0 heterocycles. The lowest BCUT2D eigenvalue weighted by molar-refractivity contribution is -0.136. The van der Waals surface area contributed by atoms with E-state index in [-0.39, 0.29) is 25.5 Å². The van der Waals surface area contributed by atoms with E-state index in [9.17, 15) is 9.59 Å². The first kappa shape index (κ1) is 15.0. The number of hydrogen-bond donors (Lipinski definition) is 1. The predicted octanol–water partition coefficient (Wildman–Crippen LogP) is 1.15. The number of carboxylic acids is 1. The topological polar surface area (TPSA) is 76.1 Å². The van der Waals surface area contributed by atoms with Crippen LogP contribution in [0.15, 0.2) is 24.3 Å². The van der Waals surface area contributed by atoms with Crippen LogP contribution in [0.25, 0.3) is 0 Å². The third-order valence-electron chi connectivity index (χ3n) is 2.49. The first-order valence-corrected chi connectivity index (χ1v) is 5.74. The zero-order chi connectivity index (χ0) is 14.3. The molecule has 1 aromatic carbocycles. The van der Waals surface area contributed by atoms with Gasteiger partial charge >= 0.3 is 5.97 Å². The first-order valence-electron chi connectivity index (χ1n) is 5.74. The molecule has 1 N–H and O–H groups in total. The van der Waals surface area contributed by atoms with Gasteiger partial charge in [0.15, 0.2) is 0 Å². The summed E-state index contributed by atoms with van der Waals surface area (Å²) < 4.78 is 9.99. The first-order chi connectivity index (χ1) is 9.10. The summed E-state index contributed by atoms with van der Waals surface area (Å²) in [6.45, 7) is -0.0461. The predicted molar refractivity (Wildman–Crippen MR) is 69.5 cm³/mol. The van der Waals surface area contributed by atoms with Crippen LogP contribution in [0.2, 0.25) is 0 Å². The van der Waals surface area contributed by atoms with E-state index in [0.29, 0.717) is 11.4 Å². The van der Waals surface area contributed by atoms with Gasteiger partial charge in [0.1, 0.15) is 12.4 Å². The van der Waals surface area contributed by atoms with Crippen molar-refractivity contribution in [2.75, 3.05) is 32.3 Å². The van der Waals surface area contributed by atoms with Crippen molar-refractivity contribution in [2.24, 2.45) is 0 Å². The number of carboxylic acid groups (broad SMARTS) is 1. The van der Waals surface area contributed by atoms with Gasteiger partial charge in [-0.2, -0.15) is 0 Å². The number of anilines is 1. The molecular weight excluding hydrogens is 250 g/mol. The summed E-state index contributed by atoms with van der Waals surface area (Å²) >= 11 is 0. The van der Waals surface area contributed by atoms with Gasteiger partial charge in [-0.3, -0.25) is 9.59 Å². The maximum absolute atomic E-state index is 12.0. The van der Waals surface area contributed by atoms with E-state index in [1.54, 1.807) is 24.3 Å². The summed E-state index contributed by atoms with van der Waals surface area (Å²) in [5.41, 5.74) is 0.535. The minimum absolute atomic E-state index is 0.0674. The molecule has 6 nitrogen and oxygen atoms in total. The average Bonchev–Trinajstić information content (AvgIpc) is 2.39. The van der Waals surface area contributed by atoms with Crippen molar-refractivity contribution in [1.29, 1.82) is 0 Å². The van der Waals surface area contributed by atoms with Gasteiger partial charge in [0.2, 0.25) is 0 Å². The summed E-state index contributed by atoms with van der Waals surface area (Å²) in [7, 11) is 2.91. The third kappa shape index (κ3) is 4.26. The van der Waals surface area contributed by atoms with Crippen LogP contribution < -0.4 is 9.64 Å². The Balaban J connectivity index is 3.00. The Hall–Kier alpha value is -2.08. The van der Waals surface area contributed by atoms with Crippen LogP contribution in [0.4, 0.5) is 5.69 Å². The summed E-state index contributed by atoms with van der Waals surface area (Å²) in [5, 5.41) is 8.75. The number of para-hydroxylation sites is 2. The molecule has 1 aromatic rings. The maximum Gasteiger partial charge on any atom is 0.305 e. The lowest BCUT2D eigenvalue weighted by Crippen LogP contribution is -2.35. The molecule has 0 unspecified atom stereocenters. The van der Waals surface area contributed by atoms with E-state index in [4.69, 9.17) is 14.6 Å². The normalized spacial score (nSPS) is 10.0. The molecule has 0 bridgehead atoms. The molecular formula is C13H17NO5. The monoisotopic (exact) mass is 267 g/mol. The van der Waals surface area contributed by atoms with Crippen molar-refractivity contribution < 1.29 is 24.2 Å². The van der Waals surface area contributed by atoms with Crippen LogP contribution in [-0.2, 0) is 14.3 Å². The highest BCUT2D eigenvalue weighted by atomic mass is 16.5. The highest BCUT2D eigenvalue weighted by Crippen LogP contribution is 2.27. The van der Waals surface area contributed by atoms with Crippen LogP contribution in [0.3, 0.4) is 0 Å². The van der Waals surface area contributed by atoms with Crippen LogP contribution in [-0.4, -0.2) is 44.4 Å². The molecule has 19 heavy (non-hydrogen) atoms. The second-order valence-electron chi connectivity index (χ2n) is 3.79. The minimum Gasteiger partial charge on any atom is -0.495 e. The number of carbonyl (C=O) groups excluding carboxylic acids is 1. The highest BCUT2D eigenvalue weighted by molar-refractivity contribution is 5.96. The van der Waals surface area contributed by atoms with E-state index in [1.807, 2.05) is 0 Å². The van der Waals surface area contributed by atoms with Crippen molar-refractivity contribution in [3.05, 3.63) is 24.3 Å². The number of nitrogens with zero attached hydrogens (tertiary/aromatic N) is 1. The molecule has 104 valence electrons. The zero-order valence-electron chi connectivity index (χ0n) is 11.0. The molecule has 0 aliphatic carbocycles. The molecule has 0 spiro atoms. The molecule has 0 saturated carbocycles. The molecule has 0 radical (unpaired) electrons. The van der Waals surface area contributed by atoms with Gasteiger partial charge in [0.05, 0.1) is 19.2 Å². The van der Waals surface area contributed by atoms with Crippen molar-refractivity contribution in [1.82, 2.24) is 0 Å². The molecule has 0 fully saturated rings. The molecule has 0 aliphatic rings. The van der Waals surface area contributed by atoms with Crippen molar-refractivity contribution >= 4 is 17.6 Å². The van der Waals surface area contributed by atoms with E-state index in [2.05, 4.69) is 0 Å². The van der Waals surface area contributed by atoms with Crippen LogP contribution in [0.5, 0.6) is 5.75 Å². The Bertz CT molecular complexity index is 446. The Morgan fingerprint density at radius 2 is 1.95 bits per heavy atom. The van der Waals surface area contributed by atoms with E-state index in [1.165, 1.54) is 19.1 Å². The lowest BCUT2D eigenvalue weighted by Gasteiger charge is -2.23. The number of rotatable bonds is 7. The van der Waals surface area contributed by atoms with Crippen molar-refractivity contribution in [2.45, 2.75) is 6.42 Å². The summed E-state index contributed by atoms with van der Waals surface area (Å²) in [6.07, 6.45) is -0.145. The molecule has 1 amide bonds. The molecule has 0 saturated heterocycles. The largest absolute Gasteiger partial charge is 0.495 e. The van der Waals surface area contributed by atoms with E-state index < -0.39 is 5.97 Å². The number of benzene rings is 1. The van der Waals surface area contributed by atoms with Crippen LogP contribution >= 0.6 is 0 Å². The maximum atomic E-state index is 12.0. The Morgan fingerprint density at radius 3 is 2.53 bits per heavy atom. The molecule has 6 heteroatoms. The van der Waals surface area contributed by atoms with Gasteiger partial charge in [-0.25, -0.2) is 0 Å². The lowest BCUT2D eigenvalue weighted by atomic mass is 10.2. The van der Waals surface area contributed by atoms with E-state index >= 15 is 0 Å². The zero-order valence-corrected chi connectivity index (χ0v) is 11.0. The fourth-order valence-electron chi connectivity index (χ4n) is 1.64. The SMILES string of the molecule is COCC(=O)N(CCC(=O)O)c1ccccc1OC. The minimum atomic E-state index is -0.967. The Morgan fingerprint density at radius 1 is 1.26 bits per heavy atom. The molecule has 0 aromatic heterocycles. The highest BCUT2D eigenvalue weighted by Gasteiger charge is 2.19. The van der Waals surface area contributed by atoms with Crippen LogP contribution in [0, 0.1) is 0 Å². The second kappa shape index (κ2) is 7.38. The summed E-state index contributed by atoms with van der Waals surface area (Å²) in [6, 6.07) is 6.95. The summed E-state index contributed by atoms with van der Waals surface area (Å²) in [5.74, 6) is -0.768. The number of hydrogen-bond acceptors (Lipinski definition) is 4.